The molecule has 2 rings (SSSR count). The van der Waals surface area contributed by atoms with Crippen molar-refractivity contribution in [2.75, 3.05) is 31.4 Å². The molecule has 0 amide bonds. The van der Waals surface area contributed by atoms with Gasteiger partial charge in [-0.05, 0) is 24.7 Å². The number of rotatable bonds is 4. The molecule has 1 fully saturated rings. The van der Waals surface area contributed by atoms with Gasteiger partial charge in [0.2, 0.25) is 0 Å². The molecule has 2 atom stereocenters. The third kappa shape index (κ3) is 3.33. The molecular formula is C13H19NOS2. The lowest BCUT2D eigenvalue weighted by molar-refractivity contribution is 0.414. The number of hydrogen-bond donors (Lipinski definition) is 1. The highest BCUT2D eigenvalue weighted by molar-refractivity contribution is 8.06. The number of benzene rings is 1. The second-order valence-corrected chi connectivity index (χ2v) is 6.52. The molecule has 0 radical (unpaired) electrons. The monoisotopic (exact) mass is 269 g/mol. The average Bonchev–Trinajstić information content (AvgIpc) is 2.42. The van der Waals surface area contributed by atoms with Gasteiger partial charge in [-0.1, -0.05) is 12.1 Å². The van der Waals surface area contributed by atoms with Gasteiger partial charge in [-0.15, -0.1) is 0 Å². The fourth-order valence-electron chi connectivity index (χ4n) is 2.08. The number of nitrogens with one attached hydrogen (secondary N) is 1. The molecule has 1 saturated heterocycles. The summed E-state index contributed by atoms with van der Waals surface area (Å²) in [5, 5.41) is 4.12. The topological polar surface area (TPSA) is 21.3 Å². The Kier molecular flexibility index (Phi) is 5.07. The van der Waals surface area contributed by atoms with Gasteiger partial charge >= 0.3 is 0 Å². The van der Waals surface area contributed by atoms with Gasteiger partial charge in [0.25, 0.3) is 0 Å². The molecule has 1 aromatic rings. The van der Waals surface area contributed by atoms with Gasteiger partial charge in [-0.2, -0.15) is 23.5 Å². The van der Waals surface area contributed by atoms with Crippen LogP contribution in [-0.2, 0) is 0 Å². The van der Waals surface area contributed by atoms with Crippen molar-refractivity contribution in [2.45, 2.75) is 11.3 Å². The molecule has 0 aliphatic carbocycles. The SMILES string of the molecule is CNC(c1ccc(OC)cc1)C1CSCCS1. The van der Waals surface area contributed by atoms with Crippen LogP contribution in [0.2, 0.25) is 0 Å². The lowest BCUT2D eigenvalue weighted by atomic mass is 10.0. The van der Waals surface area contributed by atoms with Crippen LogP contribution < -0.4 is 10.1 Å². The Morgan fingerprint density at radius 2 is 2.06 bits per heavy atom. The molecular weight excluding hydrogens is 250 g/mol. The van der Waals surface area contributed by atoms with Crippen molar-refractivity contribution in [3.63, 3.8) is 0 Å². The lowest BCUT2D eigenvalue weighted by Crippen LogP contribution is -2.31. The Morgan fingerprint density at radius 1 is 1.29 bits per heavy atom. The average molecular weight is 269 g/mol. The minimum atomic E-state index is 0.443. The van der Waals surface area contributed by atoms with Crippen molar-refractivity contribution < 1.29 is 4.74 Å². The van der Waals surface area contributed by atoms with Crippen LogP contribution in [0.25, 0.3) is 0 Å². The fourth-order valence-corrected chi connectivity index (χ4v) is 4.99. The summed E-state index contributed by atoms with van der Waals surface area (Å²) in [5.74, 6) is 4.72. The normalized spacial score (nSPS) is 22.1. The molecule has 0 saturated carbocycles. The van der Waals surface area contributed by atoms with Crippen LogP contribution >= 0.6 is 23.5 Å². The van der Waals surface area contributed by atoms with E-state index in [1.165, 1.54) is 22.8 Å². The maximum atomic E-state index is 5.20. The van der Waals surface area contributed by atoms with Crippen molar-refractivity contribution in [3.8, 4) is 5.75 Å². The van der Waals surface area contributed by atoms with Crippen LogP contribution in [-0.4, -0.2) is 36.7 Å². The Hall–Kier alpha value is -0.320. The highest BCUT2D eigenvalue weighted by Crippen LogP contribution is 2.33. The number of methoxy groups -OCH3 is 1. The van der Waals surface area contributed by atoms with E-state index in [2.05, 4.69) is 48.0 Å². The van der Waals surface area contributed by atoms with Crippen molar-refractivity contribution in [2.24, 2.45) is 0 Å². The molecule has 1 heterocycles. The Labute approximate surface area is 112 Å². The molecule has 1 aromatic carbocycles. The third-order valence-corrected chi connectivity index (χ3v) is 5.86. The van der Waals surface area contributed by atoms with Crippen molar-refractivity contribution in [1.82, 2.24) is 5.32 Å². The zero-order valence-electron chi connectivity index (χ0n) is 10.3. The maximum Gasteiger partial charge on any atom is 0.118 e. The van der Waals surface area contributed by atoms with E-state index in [0.717, 1.165) is 5.75 Å². The molecule has 0 spiro atoms. The quantitative estimate of drug-likeness (QED) is 0.907. The summed E-state index contributed by atoms with van der Waals surface area (Å²) >= 11 is 4.15. The van der Waals surface area contributed by atoms with Crippen LogP contribution in [0.4, 0.5) is 0 Å². The summed E-state index contributed by atoms with van der Waals surface area (Å²) in [4.78, 5) is 0. The number of ether oxygens (including phenoxy) is 1. The van der Waals surface area contributed by atoms with E-state index < -0.39 is 0 Å². The molecule has 2 nitrogen and oxygen atoms in total. The summed E-state index contributed by atoms with van der Waals surface area (Å²) in [5.41, 5.74) is 1.35. The van der Waals surface area contributed by atoms with Crippen LogP contribution in [0.3, 0.4) is 0 Å². The van der Waals surface area contributed by atoms with Gasteiger partial charge < -0.3 is 10.1 Å². The summed E-state index contributed by atoms with van der Waals surface area (Å²) in [6, 6.07) is 8.86. The highest BCUT2D eigenvalue weighted by atomic mass is 32.2. The zero-order valence-corrected chi connectivity index (χ0v) is 11.9. The third-order valence-electron chi connectivity index (χ3n) is 3.00. The smallest absolute Gasteiger partial charge is 0.118 e. The summed E-state index contributed by atoms with van der Waals surface area (Å²) < 4.78 is 5.20. The minimum absolute atomic E-state index is 0.443. The second kappa shape index (κ2) is 6.57. The molecule has 2 unspecified atom stereocenters. The predicted octanol–water partition coefficient (Wildman–Crippen LogP) is 2.80. The van der Waals surface area contributed by atoms with Gasteiger partial charge in [0.15, 0.2) is 0 Å². The number of hydrogen-bond acceptors (Lipinski definition) is 4. The van der Waals surface area contributed by atoms with E-state index >= 15 is 0 Å². The first-order valence-corrected chi connectivity index (χ1v) is 8.06. The zero-order chi connectivity index (χ0) is 12.1. The molecule has 1 aliphatic rings. The molecule has 17 heavy (non-hydrogen) atoms. The number of thioether (sulfide) groups is 2. The second-order valence-electron chi connectivity index (χ2n) is 4.02. The standard InChI is InChI=1S/C13H19NOS2/c1-14-13(12-9-16-7-8-17-12)10-3-5-11(15-2)6-4-10/h3-6,12-14H,7-9H2,1-2H3. The van der Waals surface area contributed by atoms with Gasteiger partial charge in [-0.25, -0.2) is 0 Å². The Balaban J connectivity index is 2.10. The van der Waals surface area contributed by atoms with Crippen LogP contribution in [0, 0.1) is 0 Å². The molecule has 94 valence electrons. The minimum Gasteiger partial charge on any atom is -0.497 e. The largest absolute Gasteiger partial charge is 0.497 e. The lowest BCUT2D eigenvalue weighted by Gasteiger charge is -2.29. The van der Waals surface area contributed by atoms with Gasteiger partial charge in [0, 0.05) is 28.6 Å². The summed E-state index contributed by atoms with van der Waals surface area (Å²) in [6.45, 7) is 0. The van der Waals surface area contributed by atoms with E-state index in [4.69, 9.17) is 4.74 Å². The van der Waals surface area contributed by atoms with E-state index in [9.17, 15) is 0 Å². The molecule has 1 aliphatic heterocycles. The first-order valence-electron chi connectivity index (χ1n) is 5.85. The van der Waals surface area contributed by atoms with Crippen molar-refractivity contribution >= 4 is 23.5 Å². The maximum absolute atomic E-state index is 5.20. The van der Waals surface area contributed by atoms with E-state index in [0.29, 0.717) is 11.3 Å². The molecule has 4 heteroatoms. The fraction of sp³-hybridized carbons (Fsp3) is 0.538. The molecule has 0 bridgehead atoms. The summed E-state index contributed by atoms with van der Waals surface area (Å²) in [6.07, 6.45) is 0. The van der Waals surface area contributed by atoms with Crippen molar-refractivity contribution in [1.29, 1.82) is 0 Å². The first-order chi connectivity index (χ1) is 8.35. The van der Waals surface area contributed by atoms with Gasteiger partial charge in [-0.3, -0.25) is 0 Å². The van der Waals surface area contributed by atoms with Crippen molar-refractivity contribution in [3.05, 3.63) is 29.8 Å². The summed E-state index contributed by atoms with van der Waals surface area (Å²) in [7, 11) is 3.76. The predicted molar refractivity (Wildman–Crippen MR) is 78.4 cm³/mol. The van der Waals surface area contributed by atoms with E-state index in [1.54, 1.807) is 7.11 Å². The van der Waals surface area contributed by atoms with Gasteiger partial charge in [0.1, 0.15) is 5.75 Å². The molecule has 1 N–H and O–H groups in total. The Bertz CT molecular complexity index is 336. The first kappa shape index (κ1) is 13.1. The van der Waals surface area contributed by atoms with Crippen LogP contribution in [0.1, 0.15) is 11.6 Å². The highest BCUT2D eigenvalue weighted by Gasteiger charge is 2.24. The van der Waals surface area contributed by atoms with E-state index in [-0.39, 0.29) is 0 Å². The van der Waals surface area contributed by atoms with E-state index in [1.807, 2.05) is 12.1 Å². The molecule has 0 aromatic heterocycles. The Morgan fingerprint density at radius 3 is 2.59 bits per heavy atom. The van der Waals surface area contributed by atoms with Crippen LogP contribution in [0.15, 0.2) is 24.3 Å². The van der Waals surface area contributed by atoms with Crippen LogP contribution in [0.5, 0.6) is 5.75 Å². The van der Waals surface area contributed by atoms with Gasteiger partial charge in [0.05, 0.1) is 7.11 Å².